The highest BCUT2D eigenvalue weighted by molar-refractivity contribution is 7.07. The Balaban J connectivity index is 2.02. The molecule has 0 aliphatic carbocycles. The van der Waals surface area contributed by atoms with Crippen molar-refractivity contribution in [2.24, 2.45) is 0 Å². The number of hydrogen-bond acceptors (Lipinski definition) is 4. The molecule has 0 saturated carbocycles. The number of carbonyl (C=O) groups excluding carboxylic acids is 1. The summed E-state index contributed by atoms with van der Waals surface area (Å²) in [4.78, 5) is 24.4. The van der Waals surface area contributed by atoms with Crippen molar-refractivity contribution >= 4 is 23.3 Å². The van der Waals surface area contributed by atoms with Gasteiger partial charge >= 0.3 is 12.0 Å². The van der Waals surface area contributed by atoms with Crippen LogP contribution in [0.15, 0.2) is 47.2 Å². The highest BCUT2D eigenvalue weighted by Crippen LogP contribution is 2.18. The first-order valence-corrected chi connectivity index (χ1v) is 8.49. The molecule has 0 bridgehead atoms. The Bertz CT molecular complexity index is 646. The third-order valence-corrected chi connectivity index (χ3v) is 4.14. The van der Waals surface area contributed by atoms with Crippen LogP contribution >= 0.6 is 11.3 Å². The summed E-state index contributed by atoms with van der Waals surface area (Å²) in [6.07, 6.45) is -0.928. The van der Waals surface area contributed by atoms with Crippen LogP contribution in [0.5, 0.6) is 0 Å². The average Bonchev–Trinajstić information content (AvgIpc) is 3.09. The van der Waals surface area contributed by atoms with E-state index in [2.05, 4.69) is 5.32 Å². The molecule has 0 radical (unpaired) electrons. The third-order valence-electron chi connectivity index (χ3n) is 3.44. The molecular weight excluding hydrogens is 328 g/mol. The molecule has 2 rings (SSSR count). The molecule has 0 saturated heterocycles. The van der Waals surface area contributed by atoms with Gasteiger partial charge in [-0.1, -0.05) is 30.3 Å². The highest BCUT2D eigenvalue weighted by atomic mass is 32.1. The third kappa shape index (κ3) is 5.68. The summed E-state index contributed by atoms with van der Waals surface area (Å²) in [7, 11) is 0. The maximum Gasteiger partial charge on any atom is 0.317 e. The molecular formula is C17H20N2O4S. The monoisotopic (exact) mass is 348 g/mol. The first-order chi connectivity index (χ1) is 11.6. The summed E-state index contributed by atoms with van der Waals surface area (Å²) in [5, 5.41) is 25.3. The molecule has 24 heavy (non-hydrogen) atoms. The molecule has 1 heterocycles. The highest BCUT2D eigenvalue weighted by Gasteiger charge is 2.19. The van der Waals surface area contributed by atoms with Gasteiger partial charge in [-0.25, -0.2) is 4.79 Å². The molecule has 1 atom stereocenters. The summed E-state index contributed by atoms with van der Waals surface area (Å²) >= 11 is 1.48. The Labute approximate surface area is 144 Å². The molecule has 3 N–H and O–H groups in total. The van der Waals surface area contributed by atoms with Gasteiger partial charge in [-0.15, -0.1) is 0 Å². The van der Waals surface area contributed by atoms with Crippen molar-refractivity contribution in [1.29, 1.82) is 0 Å². The lowest BCUT2D eigenvalue weighted by Gasteiger charge is -2.25. The molecule has 1 aromatic carbocycles. The summed E-state index contributed by atoms with van der Waals surface area (Å²) in [6, 6.07) is 10.9. The van der Waals surface area contributed by atoms with Crippen molar-refractivity contribution in [3.63, 3.8) is 0 Å². The number of thiophene rings is 1. The van der Waals surface area contributed by atoms with E-state index in [9.17, 15) is 14.7 Å². The van der Waals surface area contributed by atoms with E-state index in [0.29, 0.717) is 6.54 Å². The van der Waals surface area contributed by atoms with Gasteiger partial charge in [0, 0.05) is 13.1 Å². The lowest BCUT2D eigenvalue weighted by atomic mass is 10.1. The van der Waals surface area contributed by atoms with Crippen LogP contribution in [0, 0.1) is 0 Å². The maximum atomic E-state index is 12.3. The summed E-state index contributed by atoms with van der Waals surface area (Å²) in [5.41, 5.74) is 1.69. The molecule has 0 aliphatic rings. The molecule has 0 aliphatic heterocycles. The number of nitrogens with zero attached hydrogens (tertiary/aromatic N) is 1. The van der Waals surface area contributed by atoms with Gasteiger partial charge in [-0.2, -0.15) is 11.3 Å². The van der Waals surface area contributed by atoms with Crippen LogP contribution in [-0.2, 0) is 11.3 Å². The van der Waals surface area contributed by atoms with Crippen molar-refractivity contribution in [3.05, 3.63) is 58.3 Å². The minimum Gasteiger partial charge on any atom is -0.481 e. The predicted molar refractivity (Wildman–Crippen MR) is 91.8 cm³/mol. The van der Waals surface area contributed by atoms with Gasteiger partial charge in [0.05, 0.1) is 19.1 Å². The number of nitrogens with one attached hydrogen (secondary N) is 1. The molecule has 2 amide bonds. The van der Waals surface area contributed by atoms with E-state index in [1.54, 1.807) is 0 Å². The van der Waals surface area contributed by atoms with E-state index in [1.165, 1.54) is 16.2 Å². The molecule has 6 nitrogen and oxygen atoms in total. The Morgan fingerprint density at radius 1 is 1.21 bits per heavy atom. The van der Waals surface area contributed by atoms with Crippen LogP contribution in [-0.4, -0.2) is 40.2 Å². The van der Waals surface area contributed by atoms with E-state index in [1.807, 2.05) is 47.2 Å². The first-order valence-electron chi connectivity index (χ1n) is 7.55. The fourth-order valence-electron chi connectivity index (χ4n) is 2.19. The maximum absolute atomic E-state index is 12.3. The number of carboxylic acid groups (broad SMARTS) is 1. The normalized spacial score (nSPS) is 11.7. The average molecular weight is 348 g/mol. The van der Waals surface area contributed by atoms with E-state index >= 15 is 0 Å². The SMILES string of the molecule is O=C(O)CCNC(=O)N(Cc1ccccc1)CC(O)c1ccsc1. The Hall–Kier alpha value is -2.38. The molecule has 7 heteroatoms. The number of hydrogen-bond donors (Lipinski definition) is 3. The van der Waals surface area contributed by atoms with E-state index in [4.69, 9.17) is 5.11 Å². The zero-order valence-corrected chi connectivity index (χ0v) is 13.9. The van der Waals surface area contributed by atoms with Crippen LogP contribution in [0.2, 0.25) is 0 Å². The van der Waals surface area contributed by atoms with Crippen LogP contribution in [0.25, 0.3) is 0 Å². The first kappa shape index (κ1) is 18.0. The standard InChI is InChI=1S/C17H20N2O4S/c20-15(14-7-9-24-12-14)11-19(10-13-4-2-1-3-5-13)17(23)18-8-6-16(21)22/h1-5,7,9,12,15,20H,6,8,10-11H2,(H,18,23)(H,21,22). The molecule has 2 aromatic rings. The van der Waals surface area contributed by atoms with Crippen LogP contribution < -0.4 is 5.32 Å². The number of benzene rings is 1. The zero-order valence-electron chi connectivity index (χ0n) is 13.1. The lowest BCUT2D eigenvalue weighted by molar-refractivity contribution is -0.136. The van der Waals surface area contributed by atoms with Crippen molar-refractivity contribution < 1.29 is 19.8 Å². The second kappa shape index (κ2) is 9.05. The minimum absolute atomic E-state index is 0.0496. The molecule has 1 aromatic heterocycles. The lowest BCUT2D eigenvalue weighted by Crippen LogP contribution is -2.42. The van der Waals surface area contributed by atoms with Gasteiger partial charge in [0.1, 0.15) is 0 Å². The van der Waals surface area contributed by atoms with Crippen LogP contribution in [0.1, 0.15) is 23.7 Å². The number of carbonyl (C=O) groups is 2. The molecule has 128 valence electrons. The number of aliphatic hydroxyl groups excluding tert-OH is 1. The van der Waals surface area contributed by atoms with Gasteiger partial charge < -0.3 is 20.4 Å². The topological polar surface area (TPSA) is 89.9 Å². The summed E-state index contributed by atoms with van der Waals surface area (Å²) < 4.78 is 0. The minimum atomic E-state index is -0.969. The van der Waals surface area contributed by atoms with Gasteiger partial charge in [0.25, 0.3) is 0 Å². The number of urea groups is 1. The number of rotatable bonds is 8. The van der Waals surface area contributed by atoms with Crippen molar-refractivity contribution in [3.8, 4) is 0 Å². The summed E-state index contributed by atoms with van der Waals surface area (Å²) in [5.74, 6) is -0.969. The Morgan fingerprint density at radius 3 is 2.58 bits per heavy atom. The Morgan fingerprint density at radius 2 is 1.96 bits per heavy atom. The number of aliphatic hydroxyl groups is 1. The van der Waals surface area contributed by atoms with Crippen LogP contribution in [0.3, 0.4) is 0 Å². The van der Waals surface area contributed by atoms with E-state index < -0.39 is 18.1 Å². The largest absolute Gasteiger partial charge is 0.481 e. The zero-order chi connectivity index (χ0) is 17.4. The predicted octanol–water partition coefficient (Wildman–Crippen LogP) is 2.47. The Kier molecular flexibility index (Phi) is 6.77. The van der Waals surface area contributed by atoms with Gasteiger partial charge in [-0.05, 0) is 28.0 Å². The molecule has 1 unspecified atom stereocenters. The fraction of sp³-hybridized carbons (Fsp3) is 0.294. The van der Waals surface area contributed by atoms with Gasteiger partial charge in [0.2, 0.25) is 0 Å². The van der Waals surface area contributed by atoms with Gasteiger partial charge in [0.15, 0.2) is 0 Å². The van der Waals surface area contributed by atoms with Crippen LogP contribution in [0.4, 0.5) is 4.79 Å². The second-order valence-corrected chi connectivity index (χ2v) is 6.09. The van der Waals surface area contributed by atoms with Gasteiger partial charge in [-0.3, -0.25) is 4.79 Å². The number of amides is 2. The van der Waals surface area contributed by atoms with E-state index in [-0.39, 0.29) is 19.5 Å². The van der Waals surface area contributed by atoms with Crippen molar-refractivity contribution in [2.45, 2.75) is 19.1 Å². The summed E-state index contributed by atoms with van der Waals surface area (Å²) in [6.45, 7) is 0.513. The molecule has 0 fully saturated rings. The van der Waals surface area contributed by atoms with Crippen molar-refractivity contribution in [1.82, 2.24) is 10.2 Å². The number of aliphatic carboxylic acids is 1. The fourth-order valence-corrected chi connectivity index (χ4v) is 2.90. The van der Waals surface area contributed by atoms with Crippen molar-refractivity contribution in [2.75, 3.05) is 13.1 Å². The van der Waals surface area contributed by atoms with E-state index in [0.717, 1.165) is 11.1 Å². The second-order valence-electron chi connectivity index (χ2n) is 5.31. The quantitative estimate of drug-likeness (QED) is 0.684. The molecule has 0 spiro atoms. The number of carboxylic acids is 1. The smallest absolute Gasteiger partial charge is 0.317 e.